The highest BCUT2D eigenvalue weighted by Crippen LogP contribution is 2.09. The van der Waals surface area contributed by atoms with Gasteiger partial charge in [0.15, 0.2) is 5.12 Å². The fourth-order valence-electron chi connectivity index (χ4n) is 1.92. The third-order valence-electron chi connectivity index (χ3n) is 3.43. The minimum absolute atomic E-state index is 0.0299. The molecule has 0 heterocycles. The quantitative estimate of drug-likeness (QED) is 0.402. The standard InChI is InChI=1S/C16H25N3O8S/c1-9(20)19(7-14(23)26-3)15(24)12(8-28-10(2)21)18-13(22)6-5-11(17)16(25)27-4/h11-12H,5-8,17H2,1-4H3,(H,18,22). The van der Waals surface area contributed by atoms with Gasteiger partial charge < -0.3 is 20.5 Å². The highest BCUT2D eigenvalue weighted by Gasteiger charge is 2.30. The van der Waals surface area contributed by atoms with E-state index < -0.39 is 48.3 Å². The van der Waals surface area contributed by atoms with Crippen molar-refractivity contribution in [1.29, 1.82) is 0 Å². The second-order valence-corrected chi connectivity index (χ2v) is 6.81. The number of ether oxygens (including phenoxy) is 2. The summed E-state index contributed by atoms with van der Waals surface area (Å²) in [7, 11) is 2.26. The zero-order chi connectivity index (χ0) is 21.9. The Morgan fingerprint density at radius 1 is 1.07 bits per heavy atom. The first-order valence-corrected chi connectivity index (χ1v) is 9.16. The molecule has 0 spiro atoms. The molecular formula is C16H25N3O8S. The molecule has 0 rings (SSSR count). The number of hydrogen-bond donors (Lipinski definition) is 2. The maximum Gasteiger partial charge on any atom is 0.325 e. The van der Waals surface area contributed by atoms with Crippen LogP contribution in [-0.2, 0) is 38.2 Å². The van der Waals surface area contributed by atoms with Crippen LogP contribution < -0.4 is 11.1 Å². The Morgan fingerprint density at radius 2 is 1.68 bits per heavy atom. The van der Waals surface area contributed by atoms with Crippen LogP contribution in [0, 0.1) is 0 Å². The van der Waals surface area contributed by atoms with Gasteiger partial charge in [-0.2, -0.15) is 0 Å². The predicted molar refractivity (Wildman–Crippen MR) is 98.7 cm³/mol. The molecule has 158 valence electrons. The molecule has 0 aromatic rings. The van der Waals surface area contributed by atoms with Crippen LogP contribution in [0.25, 0.3) is 0 Å². The van der Waals surface area contributed by atoms with E-state index in [1.54, 1.807) is 0 Å². The normalized spacial score (nSPS) is 12.3. The second-order valence-electron chi connectivity index (χ2n) is 5.61. The summed E-state index contributed by atoms with van der Waals surface area (Å²) in [6.45, 7) is 1.73. The summed E-state index contributed by atoms with van der Waals surface area (Å²) < 4.78 is 8.90. The van der Waals surface area contributed by atoms with E-state index in [2.05, 4.69) is 14.8 Å². The lowest BCUT2D eigenvalue weighted by Gasteiger charge is -2.24. The van der Waals surface area contributed by atoms with Gasteiger partial charge in [0.05, 0.1) is 14.2 Å². The van der Waals surface area contributed by atoms with Crippen LogP contribution in [0.5, 0.6) is 0 Å². The summed E-state index contributed by atoms with van der Waals surface area (Å²) in [5.41, 5.74) is 5.55. The van der Waals surface area contributed by atoms with E-state index in [0.29, 0.717) is 4.90 Å². The van der Waals surface area contributed by atoms with Crippen LogP contribution >= 0.6 is 11.8 Å². The minimum Gasteiger partial charge on any atom is -0.468 e. The van der Waals surface area contributed by atoms with Gasteiger partial charge in [-0.15, -0.1) is 0 Å². The Balaban J connectivity index is 5.17. The molecule has 0 radical (unpaired) electrons. The van der Waals surface area contributed by atoms with Gasteiger partial charge in [-0.3, -0.25) is 33.7 Å². The fourth-order valence-corrected chi connectivity index (χ4v) is 2.55. The third-order valence-corrected chi connectivity index (χ3v) is 4.34. The van der Waals surface area contributed by atoms with Gasteiger partial charge in [-0.05, 0) is 6.42 Å². The van der Waals surface area contributed by atoms with Crippen molar-refractivity contribution in [2.45, 2.75) is 38.8 Å². The Bertz CT molecular complexity index is 625. The lowest BCUT2D eigenvalue weighted by atomic mass is 10.1. The van der Waals surface area contributed by atoms with Gasteiger partial charge in [0, 0.05) is 26.0 Å². The van der Waals surface area contributed by atoms with E-state index >= 15 is 0 Å². The smallest absolute Gasteiger partial charge is 0.325 e. The number of carbonyl (C=O) groups is 6. The molecule has 12 heteroatoms. The molecule has 0 aromatic carbocycles. The Labute approximate surface area is 166 Å². The molecule has 3 N–H and O–H groups in total. The zero-order valence-corrected chi connectivity index (χ0v) is 17.0. The van der Waals surface area contributed by atoms with E-state index in [-0.39, 0.29) is 23.7 Å². The average molecular weight is 419 g/mol. The van der Waals surface area contributed by atoms with E-state index in [0.717, 1.165) is 32.9 Å². The first-order valence-electron chi connectivity index (χ1n) is 8.18. The van der Waals surface area contributed by atoms with Crippen LogP contribution in [0.1, 0.15) is 26.7 Å². The number of nitrogens with one attached hydrogen (secondary N) is 1. The molecule has 2 unspecified atom stereocenters. The lowest BCUT2D eigenvalue weighted by Crippen LogP contribution is -2.53. The van der Waals surface area contributed by atoms with Crippen molar-refractivity contribution >= 4 is 46.5 Å². The first-order chi connectivity index (χ1) is 13.0. The Morgan fingerprint density at radius 3 is 2.14 bits per heavy atom. The molecule has 0 saturated heterocycles. The zero-order valence-electron chi connectivity index (χ0n) is 16.2. The Hall–Kier alpha value is -2.47. The number of hydrogen-bond acceptors (Lipinski definition) is 10. The Kier molecular flexibility index (Phi) is 11.7. The van der Waals surface area contributed by atoms with Crippen LogP contribution in [0.15, 0.2) is 0 Å². The van der Waals surface area contributed by atoms with Crippen molar-refractivity contribution in [3.05, 3.63) is 0 Å². The summed E-state index contributed by atoms with van der Waals surface area (Å²) in [5.74, 6) is -3.87. The number of amides is 3. The number of nitrogens with two attached hydrogens (primary N) is 1. The first kappa shape index (κ1) is 25.5. The lowest BCUT2D eigenvalue weighted by molar-refractivity contribution is -0.154. The van der Waals surface area contributed by atoms with Crippen molar-refractivity contribution in [2.75, 3.05) is 26.5 Å². The summed E-state index contributed by atoms with van der Waals surface area (Å²) in [4.78, 5) is 71.0. The van der Waals surface area contributed by atoms with Crippen LogP contribution in [-0.4, -0.2) is 78.3 Å². The van der Waals surface area contributed by atoms with E-state index in [9.17, 15) is 28.8 Å². The molecule has 28 heavy (non-hydrogen) atoms. The van der Waals surface area contributed by atoms with Gasteiger partial charge in [0.1, 0.15) is 18.6 Å². The molecule has 0 fully saturated rings. The number of esters is 2. The molecule has 0 aliphatic rings. The van der Waals surface area contributed by atoms with Gasteiger partial charge in [-0.25, -0.2) is 0 Å². The monoisotopic (exact) mass is 419 g/mol. The summed E-state index contributed by atoms with van der Waals surface area (Å²) >= 11 is 0.769. The van der Waals surface area contributed by atoms with Gasteiger partial charge in [0.2, 0.25) is 11.8 Å². The summed E-state index contributed by atoms with van der Waals surface area (Å²) in [6, 6.07) is -2.26. The number of rotatable bonds is 10. The number of methoxy groups -OCH3 is 2. The molecule has 2 atom stereocenters. The van der Waals surface area contributed by atoms with Gasteiger partial charge in [0.25, 0.3) is 5.91 Å². The van der Waals surface area contributed by atoms with Crippen molar-refractivity contribution in [3.63, 3.8) is 0 Å². The SMILES string of the molecule is COC(=O)CN(C(C)=O)C(=O)C(CSC(C)=O)NC(=O)CCC(N)C(=O)OC. The van der Waals surface area contributed by atoms with Crippen molar-refractivity contribution in [3.8, 4) is 0 Å². The highest BCUT2D eigenvalue weighted by molar-refractivity contribution is 8.13. The molecule has 0 aliphatic heterocycles. The fraction of sp³-hybridized carbons (Fsp3) is 0.625. The van der Waals surface area contributed by atoms with Crippen molar-refractivity contribution in [2.24, 2.45) is 5.73 Å². The van der Waals surface area contributed by atoms with Gasteiger partial charge >= 0.3 is 11.9 Å². The largest absolute Gasteiger partial charge is 0.468 e. The number of imide groups is 1. The predicted octanol–water partition coefficient (Wildman–Crippen LogP) is -1.42. The summed E-state index contributed by atoms with van der Waals surface area (Å²) in [5, 5.41) is 2.09. The number of thioether (sulfide) groups is 1. The van der Waals surface area contributed by atoms with Crippen LogP contribution in [0.4, 0.5) is 0 Å². The highest BCUT2D eigenvalue weighted by atomic mass is 32.2. The maximum atomic E-state index is 12.6. The maximum absolute atomic E-state index is 12.6. The molecule has 0 saturated carbocycles. The molecule has 0 aromatic heterocycles. The molecule has 3 amide bonds. The number of carbonyl (C=O) groups excluding carboxylic acids is 6. The molecule has 11 nitrogen and oxygen atoms in total. The van der Waals surface area contributed by atoms with Crippen molar-refractivity contribution < 1.29 is 38.2 Å². The van der Waals surface area contributed by atoms with E-state index in [1.165, 1.54) is 6.92 Å². The molecule has 0 bridgehead atoms. The molecular weight excluding hydrogens is 394 g/mol. The summed E-state index contributed by atoms with van der Waals surface area (Å²) in [6.07, 6.45) is -0.223. The topological polar surface area (TPSA) is 162 Å². The van der Waals surface area contributed by atoms with E-state index in [1.807, 2.05) is 0 Å². The minimum atomic E-state index is -1.25. The molecule has 0 aliphatic carbocycles. The van der Waals surface area contributed by atoms with Crippen LogP contribution in [0.3, 0.4) is 0 Å². The van der Waals surface area contributed by atoms with Crippen LogP contribution in [0.2, 0.25) is 0 Å². The van der Waals surface area contributed by atoms with Crippen molar-refractivity contribution in [1.82, 2.24) is 10.2 Å². The van der Waals surface area contributed by atoms with E-state index in [4.69, 9.17) is 5.73 Å². The number of nitrogens with zero attached hydrogens (tertiary/aromatic N) is 1. The average Bonchev–Trinajstić information content (AvgIpc) is 2.65. The third kappa shape index (κ3) is 9.46. The van der Waals surface area contributed by atoms with Gasteiger partial charge in [-0.1, -0.05) is 11.8 Å². The second kappa shape index (κ2) is 12.8.